The minimum absolute atomic E-state index is 0.296. The molecule has 0 aromatic heterocycles. The lowest BCUT2D eigenvalue weighted by molar-refractivity contribution is -0.140. The van der Waals surface area contributed by atoms with E-state index >= 15 is 0 Å². The van der Waals surface area contributed by atoms with Crippen molar-refractivity contribution >= 4 is 5.97 Å². The average Bonchev–Trinajstić information content (AvgIpc) is 2.19. The van der Waals surface area contributed by atoms with Gasteiger partial charge in [0.25, 0.3) is 0 Å². The molecule has 0 spiro atoms. The molecule has 0 aliphatic rings. The van der Waals surface area contributed by atoms with Crippen LogP contribution in [0.4, 0.5) is 0 Å². The zero-order valence-electron chi connectivity index (χ0n) is 11.9. The van der Waals surface area contributed by atoms with Gasteiger partial charge in [0, 0.05) is 5.57 Å². The second-order valence-electron chi connectivity index (χ2n) is 5.96. The molecule has 0 aliphatic carbocycles. The van der Waals surface area contributed by atoms with Crippen molar-refractivity contribution in [1.29, 1.82) is 0 Å². The van der Waals surface area contributed by atoms with Crippen LogP contribution in [0, 0.1) is 11.3 Å². The summed E-state index contributed by atoms with van der Waals surface area (Å²) in [6.07, 6.45) is 6.40. The van der Waals surface area contributed by atoms with Crippen LogP contribution in [0.5, 0.6) is 0 Å². The van der Waals surface area contributed by atoms with Crippen LogP contribution in [-0.4, -0.2) is 12.6 Å². The molecular weight excluding hydrogens is 212 g/mol. The second-order valence-corrected chi connectivity index (χ2v) is 5.96. The Morgan fingerprint density at radius 1 is 1.35 bits per heavy atom. The SMILES string of the molecule is C=C(C)C(=O)OCC(C)C/C=C/CC(C)(C)C. The maximum atomic E-state index is 11.2. The van der Waals surface area contributed by atoms with Gasteiger partial charge in [0.1, 0.15) is 0 Å². The molecule has 0 aromatic rings. The standard InChI is InChI=1S/C15H26O2/c1-12(2)14(16)17-11-13(3)9-7-8-10-15(4,5)6/h7-8,13H,1,9-11H2,2-6H3/b8-7+. The fourth-order valence-electron chi connectivity index (χ4n) is 1.17. The van der Waals surface area contributed by atoms with E-state index in [1.807, 2.05) is 0 Å². The monoisotopic (exact) mass is 238 g/mol. The van der Waals surface area contributed by atoms with E-state index in [4.69, 9.17) is 4.74 Å². The third kappa shape index (κ3) is 9.86. The minimum atomic E-state index is -0.296. The third-order valence-electron chi connectivity index (χ3n) is 2.28. The lowest BCUT2D eigenvalue weighted by Gasteiger charge is -2.15. The number of rotatable bonds is 6. The summed E-state index contributed by atoms with van der Waals surface area (Å²) < 4.78 is 5.09. The van der Waals surface area contributed by atoms with E-state index in [0.717, 1.165) is 12.8 Å². The maximum absolute atomic E-state index is 11.2. The Balaban J connectivity index is 3.77. The Morgan fingerprint density at radius 2 is 1.94 bits per heavy atom. The number of carbonyl (C=O) groups excluding carboxylic acids is 1. The van der Waals surface area contributed by atoms with Gasteiger partial charge in [-0.1, -0.05) is 46.4 Å². The molecule has 0 radical (unpaired) electrons. The van der Waals surface area contributed by atoms with Crippen LogP contribution in [0.2, 0.25) is 0 Å². The number of carbonyl (C=O) groups is 1. The zero-order chi connectivity index (χ0) is 13.5. The van der Waals surface area contributed by atoms with Crippen molar-refractivity contribution in [2.75, 3.05) is 6.61 Å². The van der Waals surface area contributed by atoms with Gasteiger partial charge in [0.05, 0.1) is 6.61 Å². The Kier molecular flexibility index (Phi) is 6.86. The molecule has 2 heteroatoms. The van der Waals surface area contributed by atoms with E-state index in [2.05, 4.69) is 46.4 Å². The lowest BCUT2D eigenvalue weighted by Crippen LogP contribution is -2.11. The van der Waals surface area contributed by atoms with Gasteiger partial charge in [-0.3, -0.25) is 0 Å². The third-order valence-corrected chi connectivity index (χ3v) is 2.28. The predicted octanol–water partition coefficient (Wildman–Crippen LogP) is 4.12. The average molecular weight is 238 g/mol. The smallest absolute Gasteiger partial charge is 0.333 e. The Bertz CT molecular complexity index is 282. The highest BCUT2D eigenvalue weighted by atomic mass is 16.5. The lowest BCUT2D eigenvalue weighted by atomic mass is 9.92. The van der Waals surface area contributed by atoms with Gasteiger partial charge < -0.3 is 4.74 Å². The highest BCUT2D eigenvalue weighted by Crippen LogP contribution is 2.19. The van der Waals surface area contributed by atoms with Crippen molar-refractivity contribution in [1.82, 2.24) is 0 Å². The normalized spacial score (nSPS) is 13.7. The Labute approximate surface area is 106 Å². The van der Waals surface area contributed by atoms with Crippen molar-refractivity contribution < 1.29 is 9.53 Å². The van der Waals surface area contributed by atoms with Crippen LogP contribution in [0.1, 0.15) is 47.5 Å². The molecule has 0 fully saturated rings. The highest BCUT2D eigenvalue weighted by Gasteiger charge is 2.08. The summed E-state index contributed by atoms with van der Waals surface area (Å²) in [5, 5.41) is 0. The summed E-state index contributed by atoms with van der Waals surface area (Å²) in [7, 11) is 0. The highest BCUT2D eigenvalue weighted by molar-refractivity contribution is 5.86. The van der Waals surface area contributed by atoms with Gasteiger partial charge >= 0.3 is 5.97 Å². The van der Waals surface area contributed by atoms with Crippen molar-refractivity contribution in [2.24, 2.45) is 11.3 Å². The van der Waals surface area contributed by atoms with Gasteiger partial charge in [0.15, 0.2) is 0 Å². The first kappa shape index (κ1) is 16.0. The molecule has 1 atom stereocenters. The van der Waals surface area contributed by atoms with E-state index in [9.17, 15) is 4.79 Å². The zero-order valence-corrected chi connectivity index (χ0v) is 11.9. The van der Waals surface area contributed by atoms with E-state index in [1.165, 1.54) is 0 Å². The van der Waals surface area contributed by atoms with Crippen LogP contribution in [0.3, 0.4) is 0 Å². The van der Waals surface area contributed by atoms with E-state index in [0.29, 0.717) is 23.5 Å². The molecule has 2 nitrogen and oxygen atoms in total. The molecule has 0 aliphatic heterocycles. The summed E-state index contributed by atoms with van der Waals surface area (Å²) in [4.78, 5) is 11.2. The number of esters is 1. The Hall–Kier alpha value is -1.05. The van der Waals surface area contributed by atoms with Gasteiger partial charge in [-0.05, 0) is 31.1 Å². The molecule has 98 valence electrons. The summed E-state index contributed by atoms with van der Waals surface area (Å²) in [5.74, 6) is 0.0602. The van der Waals surface area contributed by atoms with Crippen molar-refractivity contribution in [3.05, 3.63) is 24.3 Å². The van der Waals surface area contributed by atoms with Crippen LogP contribution >= 0.6 is 0 Å². The molecule has 0 bridgehead atoms. The molecule has 0 amide bonds. The number of hydrogen-bond acceptors (Lipinski definition) is 2. The summed E-state index contributed by atoms with van der Waals surface area (Å²) in [6.45, 7) is 14.4. The first-order chi connectivity index (χ1) is 7.72. The summed E-state index contributed by atoms with van der Waals surface area (Å²) in [6, 6.07) is 0. The molecule has 17 heavy (non-hydrogen) atoms. The predicted molar refractivity (Wildman–Crippen MR) is 72.8 cm³/mol. The fourth-order valence-corrected chi connectivity index (χ4v) is 1.17. The molecule has 0 saturated carbocycles. The van der Waals surface area contributed by atoms with Crippen molar-refractivity contribution in [3.8, 4) is 0 Å². The topological polar surface area (TPSA) is 26.3 Å². The first-order valence-corrected chi connectivity index (χ1v) is 6.20. The van der Waals surface area contributed by atoms with Gasteiger partial charge in [-0.25, -0.2) is 4.79 Å². The van der Waals surface area contributed by atoms with E-state index in [-0.39, 0.29) is 5.97 Å². The van der Waals surface area contributed by atoms with E-state index < -0.39 is 0 Å². The molecule has 0 saturated heterocycles. The molecule has 0 rings (SSSR count). The second kappa shape index (κ2) is 7.31. The van der Waals surface area contributed by atoms with E-state index in [1.54, 1.807) is 6.92 Å². The van der Waals surface area contributed by atoms with Crippen LogP contribution < -0.4 is 0 Å². The summed E-state index contributed by atoms with van der Waals surface area (Å²) >= 11 is 0. The Morgan fingerprint density at radius 3 is 2.41 bits per heavy atom. The van der Waals surface area contributed by atoms with Crippen molar-refractivity contribution in [3.63, 3.8) is 0 Å². The van der Waals surface area contributed by atoms with Crippen molar-refractivity contribution in [2.45, 2.75) is 47.5 Å². The van der Waals surface area contributed by atoms with Gasteiger partial charge in [-0.15, -0.1) is 0 Å². The molecule has 0 N–H and O–H groups in total. The number of ether oxygens (including phenoxy) is 1. The minimum Gasteiger partial charge on any atom is -0.462 e. The maximum Gasteiger partial charge on any atom is 0.333 e. The molecule has 0 aromatic carbocycles. The molecule has 1 unspecified atom stereocenters. The molecule has 0 heterocycles. The van der Waals surface area contributed by atoms with Gasteiger partial charge in [-0.2, -0.15) is 0 Å². The van der Waals surface area contributed by atoms with Crippen LogP contribution in [0.15, 0.2) is 24.3 Å². The number of allylic oxidation sites excluding steroid dienone is 2. The van der Waals surface area contributed by atoms with Crippen LogP contribution in [0.25, 0.3) is 0 Å². The first-order valence-electron chi connectivity index (χ1n) is 6.20. The van der Waals surface area contributed by atoms with Gasteiger partial charge in [0.2, 0.25) is 0 Å². The quantitative estimate of drug-likeness (QED) is 0.395. The molecular formula is C15H26O2. The summed E-state index contributed by atoms with van der Waals surface area (Å²) in [5.41, 5.74) is 0.798. The number of hydrogen-bond donors (Lipinski definition) is 0. The fraction of sp³-hybridized carbons (Fsp3) is 0.667. The largest absolute Gasteiger partial charge is 0.462 e. The van der Waals surface area contributed by atoms with Crippen LogP contribution in [-0.2, 0) is 9.53 Å².